The molecule has 0 aliphatic heterocycles. The largest absolute Gasteiger partial charge is 0.386 e. The van der Waals surface area contributed by atoms with Crippen molar-refractivity contribution in [3.05, 3.63) is 40.8 Å². The van der Waals surface area contributed by atoms with Gasteiger partial charge in [-0.05, 0) is 11.6 Å². The Bertz CT molecular complexity index is 542. The van der Waals surface area contributed by atoms with E-state index in [1.807, 2.05) is 30.3 Å². The summed E-state index contributed by atoms with van der Waals surface area (Å²) in [6.45, 7) is 0. The summed E-state index contributed by atoms with van der Waals surface area (Å²) in [6.07, 6.45) is 1.99. The van der Waals surface area contributed by atoms with Crippen LogP contribution < -0.4 is 0 Å². The van der Waals surface area contributed by atoms with Gasteiger partial charge < -0.3 is 10.2 Å². The van der Waals surface area contributed by atoms with Gasteiger partial charge in [0.25, 0.3) is 0 Å². The minimum absolute atomic E-state index is 0.773. The van der Waals surface area contributed by atoms with Gasteiger partial charge >= 0.3 is 0 Å². The fourth-order valence-electron chi connectivity index (χ4n) is 1.93. The third kappa shape index (κ3) is 1.24. The number of aliphatic hydroxyl groups excluding tert-OH is 2. The van der Waals surface area contributed by atoms with Crippen molar-refractivity contribution in [2.45, 2.75) is 12.2 Å². The van der Waals surface area contributed by atoms with Gasteiger partial charge in [-0.25, -0.2) is 0 Å². The van der Waals surface area contributed by atoms with Crippen LogP contribution in [0.5, 0.6) is 0 Å². The predicted molar refractivity (Wildman–Crippen MR) is 61.8 cm³/mol. The highest BCUT2D eigenvalue weighted by Crippen LogP contribution is 2.39. The maximum absolute atomic E-state index is 9.84. The highest BCUT2D eigenvalue weighted by molar-refractivity contribution is 7.19. The molecule has 0 saturated heterocycles. The summed E-state index contributed by atoms with van der Waals surface area (Å²) < 4.78 is 1.15. The first-order valence-corrected chi connectivity index (χ1v) is 5.65. The van der Waals surface area contributed by atoms with Crippen molar-refractivity contribution in [1.82, 2.24) is 0 Å². The lowest BCUT2D eigenvalue weighted by atomic mass is 9.99. The van der Waals surface area contributed by atoms with Crippen LogP contribution >= 0.6 is 11.3 Å². The van der Waals surface area contributed by atoms with Crippen molar-refractivity contribution in [3.63, 3.8) is 0 Å². The minimum Gasteiger partial charge on any atom is -0.386 e. The monoisotopic (exact) mass is 218 g/mol. The van der Waals surface area contributed by atoms with Crippen LogP contribution in [0, 0.1) is 0 Å². The van der Waals surface area contributed by atoms with E-state index >= 15 is 0 Å². The molecule has 1 aliphatic rings. The second kappa shape index (κ2) is 3.17. The molecular weight excluding hydrogens is 208 g/mol. The third-order valence-electron chi connectivity index (χ3n) is 2.71. The molecule has 15 heavy (non-hydrogen) atoms. The van der Waals surface area contributed by atoms with E-state index in [0.29, 0.717) is 0 Å². The summed E-state index contributed by atoms with van der Waals surface area (Å²) in [5, 5.41) is 20.5. The molecule has 0 spiro atoms. The van der Waals surface area contributed by atoms with Gasteiger partial charge in [-0.2, -0.15) is 0 Å². The molecule has 2 N–H and O–H groups in total. The number of benzene rings is 1. The van der Waals surface area contributed by atoms with Crippen LogP contribution in [0.25, 0.3) is 16.2 Å². The lowest BCUT2D eigenvalue weighted by Gasteiger charge is -2.18. The lowest BCUT2D eigenvalue weighted by Crippen LogP contribution is -2.17. The molecule has 1 aromatic heterocycles. The number of hydrogen-bond donors (Lipinski definition) is 2. The average Bonchev–Trinajstić information content (AvgIpc) is 2.63. The first kappa shape index (κ1) is 9.09. The summed E-state index contributed by atoms with van der Waals surface area (Å²) >= 11 is 1.55. The quantitative estimate of drug-likeness (QED) is 0.712. The normalized spacial score (nSPS) is 24.4. The highest BCUT2D eigenvalue weighted by atomic mass is 32.1. The number of fused-ring (bicyclic) bond motifs is 3. The van der Waals surface area contributed by atoms with E-state index in [9.17, 15) is 10.2 Å². The Morgan fingerprint density at radius 1 is 1.13 bits per heavy atom. The molecule has 0 saturated carbocycles. The van der Waals surface area contributed by atoms with Crippen LogP contribution in [0.1, 0.15) is 16.5 Å². The summed E-state index contributed by atoms with van der Waals surface area (Å²) in [4.78, 5) is 0.867. The number of aliphatic hydroxyl groups is 2. The molecular formula is C12H10O2S. The van der Waals surface area contributed by atoms with Crippen LogP contribution in [0.15, 0.2) is 30.3 Å². The van der Waals surface area contributed by atoms with Crippen molar-refractivity contribution in [3.8, 4) is 0 Å². The van der Waals surface area contributed by atoms with Crippen LogP contribution in [0.2, 0.25) is 0 Å². The number of hydrogen-bond acceptors (Lipinski definition) is 3. The molecule has 0 radical (unpaired) electrons. The molecule has 1 aromatic carbocycles. The van der Waals surface area contributed by atoms with Gasteiger partial charge in [0.2, 0.25) is 0 Å². The SMILES string of the molecule is O[C@@H]1C=Cc2c(sc3ccccc23)[C@@H]1O. The van der Waals surface area contributed by atoms with E-state index in [1.54, 1.807) is 17.4 Å². The van der Waals surface area contributed by atoms with Crippen LogP contribution in [0.4, 0.5) is 0 Å². The predicted octanol–water partition coefficient (Wildman–Crippen LogP) is 2.32. The molecule has 2 nitrogen and oxygen atoms in total. The van der Waals surface area contributed by atoms with Gasteiger partial charge in [0.05, 0.1) is 0 Å². The Morgan fingerprint density at radius 2 is 1.93 bits per heavy atom. The van der Waals surface area contributed by atoms with E-state index in [0.717, 1.165) is 20.5 Å². The van der Waals surface area contributed by atoms with Crippen LogP contribution in [-0.4, -0.2) is 16.3 Å². The van der Waals surface area contributed by atoms with Crippen molar-refractivity contribution in [2.75, 3.05) is 0 Å². The third-order valence-corrected chi connectivity index (χ3v) is 3.97. The molecule has 0 bridgehead atoms. The van der Waals surface area contributed by atoms with E-state index in [2.05, 4.69) is 0 Å². The zero-order valence-electron chi connectivity index (χ0n) is 7.92. The molecule has 2 atom stereocenters. The maximum Gasteiger partial charge on any atom is 0.118 e. The van der Waals surface area contributed by atoms with Gasteiger partial charge in [-0.1, -0.05) is 30.4 Å². The molecule has 0 amide bonds. The molecule has 2 aromatic rings. The van der Waals surface area contributed by atoms with Gasteiger partial charge in [0.1, 0.15) is 12.2 Å². The van der Waals surface area contributed by atoms with Gasteiger partial charge in [0, 0.05) is 15.0 Å². The first-order chi connectivity index (χ1) is 7.27. The molecule has 1 aliphatic carbocycles. The van der Waals surface area contributed by atoms with E-state index < -0.39 is 12.2 Å². The van der Waals surface area contributed by atoms with E-state index in [-0.39, 0.29) is 0 Å². The topological polar surface area (TPSA) is 40.5 Å². The number of thiophene rings is 1. The molecule has 1 heterocycles. The summed E-state index contributed by atoms with van der Waals surface area (Å²) in [5.74, 6) is 0. The average molecular weight is 218 g/mol. The number of rotatable bonds is 0. The highest BCUT2D eigenvalue weighted by Gasteiger charge is 2.25. The first-order valence-electron chi connectivity index (χ1n) is 4.83. The second-order valence-corrected chi connectivity index (χ2v) is 4.75. The van der Waals surface area contributed by atoms with Gasteiger partial charge in [-0.15, -0.1) is 11.3 Å². The van der Waals surface area contributed by atoms with Gasteiger partial charge in [-0.3, -0.25) is 0 Å². The summed E-state index contributed by atoms with van der Waals surface area (Å²) in [5.41, 5.74) is 1.05. The van der Waals surface area contributed by atoms with Crippen molar-refractivity contribution >= 4 is 27.5 Å². The smallest absolute Gasteiger partial charge is 0.118 e. The second-order valence-electron chi connectivity index (χ2n) is 3.67. The molecule has 3 heteroatoms. The fourth-order valence-corrected chi connectivity index (χ4v) is 3.15. The van der Waals surface area contributed by atoms with Crippen molar-refractivity contribution in [1.29, 1.82) is 0 Å². The summed E-state index contributed by atoms with van der Waals surface area (Å²) in [6, 6.07) is 8.04. The maximum atomic E-state index is 9.84. The molecule has 3 rings (SSSR count). The van der Waals surface area contributed by atoms with E-state index in [4.69, 9.17) is 0 Å². The Labute approximate surface area is 91.1 Å². The fraction of sp³-hybridized carbons (Fsp3) is 0.167. The Hall–Kier alpha value is -1.16. The van der Waals surface area contributed by atoms with Crippen molar-refractivity contribution < 1.29 is 10.2 Å². The standard InChI is InChI=1S/C12H10O2S/c13-9-6-5-8-7-3-1-2-4-10(7)15-12(8)11(9)14/h1-6,9,11,13-14H/t9-,11-/m1/s1. The van der Waals surface area contributed by atoms with Crippen molar-refractivity contribution in [2.24, 2.45) is 0 Å². The Kier molecular flexibility index (Phi) is 1.92. The van der Waals surface area contributed by atoms with Crippen LogP contribution in [-0.2, 0) is 0 Å². The summed E-state index contributed by atoms with van der Waals surface area (Å²) in [7, 11) is 0. The van der Waals surface area contributed by atoms with E-state index in [1.165, 1.54) is 0 Å². The molecule has 0 unspecified atom stereocenters. The zero-order chi connectivity index (χ0) is 10.4. The molecule has 0 fully saturated rings. The Morgan fingerprint density at radius 3 is 2.80 bits per heavy atom. The molecule has 76 valence electrons. The zero-order valence-corrected chi connectivity index (χ0v) is 8.74. The minimum atomic E-state index is -0.776. The van der Waals surface area contributed by atoms with Gasteiger partial charge in [0.15, 0.2) is 0 Å². The Balaban J connectivity index is 2.33. The lowest BCUT2D eigenvalue weighted by molar-refractivity contribution is 0.0496. The van der Waals surface area contributed by atoms with Crippen LogP contribution in [0.3, 0.4) is 0 Å².